The van der Waals surface area contributed by atoms with E-state index in [0.29, 0.717) is 13.0 Å². The maximum atomic E-state index is 10.6. The maximum Gasteiger partial charge on any atom is 0.356 e. The number of hydrogen-bond donors (Lipinski definition) is 1. The first-order chi connectivity index (χ1) is 6.69. The van der Waals surface area contributed by atoms with E-state index in [1.165, 1.54) is 0 Å². The molecule has 1 aromatic heterocycles. The van der Waals surface area contributed by atoms with E-state index in [4.69, 9.17) is 5.11 Å². The molecule has 0 radical (unpaired) electrons. The third kappa shape index (κ3) is 2.10. The van der Waals surface area contributed by atoms with Crippen LogP contribution >= 0.6 is 0 Å². The molecule has 1 heterocycles. The Bertz CT molecular complexity index is 339. The third-order valence-corrected chi connectivity index (χ3v) is 1.74. The van der Waals surface area contributed by atoms with Crippen LogP contribution in [0.2, 0.25) is 0 Å². The quantitative estimate of drug-likeness (QED) is 0.719. The van der Waals surface area contributed by atoms with Crippen LogP contribution in [-0.4, -0.2) is 20.9 Å². The molecule has 0 aromatic carbocycles. The van der Waals surface area contributed by atoms with E-state index in [0.717, 1.165) is 5.69 Å². The molecule has 4 nitrogen and oxygen atoms in total. The van der Waals surface area contributed by atoms with Gasteiger partial charge in [0.1, 0.15) is 0 Å². The summed E-state index contributed by atoms with van der Waals surface area (Å²) in [7, 11) is 0. The summed E-state index contributed by atoms with van der Waals surface area (Å²) in [5.41, 5.74) is 0.890. The Labute approximate surface area is 82.2 Å². The van der Waals surface area contributed by atoms with Crippen molar-refractivity contribution in [1.82, 2.24) is 9.78 Å². The van der Waals surface area contributed by atoms with Crippen molar-refractivity contribution in [2.75, 3.05) is 0 Å². The molecule has 0 atom stereocenters. The summed E-state index contributed by atoms with van der Waals surface area (Å²) in [5, 5.41) is 12.6. The second-order valence-corrected chi connectivity index (χ2v) is 2.79. The van der Waals surface area contributed by atoms with Gasteiger partial charge in [-0.05, 0) is 6.07 Å². The van der Waals surface area contributed by atoms with Gasteiger partial charge >= 0.3 is 5.97 Å². The van der Waals surface area contributed by atoms with Crippen molar-refractivity contribution in [3.8, 4) is 0 Å². The topological polar surface area (TPSA) is 55.1 Å². The van der Waals surface area contributed by atoms with E-state index >= 15 is 0 Å². The molecule has 0 aliphatic carbocycles. The van der Waals surface area contributed by atoms with Crippen molar-refractivity contribution in [2.45, 2.75) is 13.0 Å². The lowest BCUT2D eigenvalue weighted by atomic mass is 10.3. The maximum absolute atomic E-state index is 10.6. The van der Waals surface area contributed by atoms with E-state index in [1.807, 2.05) is 0 Å². The lowest BCUT2D eigenvalue weighted by Crippen LogP contribution is -2.04. The van der Waals surface area contributed by atoms with Crippen LogP contribution in [0.4, 0.5) is 0 Å². The Kier molecular flexibility index (Phi) is 3.23. The first kappa shape index (κ1) is 10.2. The van der Waals surface area contributed by atoms with Crippen molar-refractivity contribution in [2.24, 2.45) is 0 Å². The molecule has 0 fully saturated rings. The molecular weight excluding hydrogens is 180 g/mol. The lowest BCUT2D eigenvalue weighted by Gasteiger charge is -2.00. The number of allylic oxidation sites excluding steroid dienone is 2. The van der Waals surface area contributed by atoms with Gasteiger partial charge in [0.25, 0.3) is 0 Å². The van der Waals surface area contributed by atoms with Crippen molar-refractivity contribution in [1.29, 1.82) is 0 Å². The molecule has 0 saturated carbocycles. The SMILES string of the molecule is C=CCc1cc(C(=O)O)nn1CC=C. The largest absolute Gasteiger partial charge is 0.476 e. The summed E-state index contributed by atoms with van der Waals surface area (Å²) >= 11 is 0. The Morgan fingerprint density at radius 1 is 1.57 bits per heavy atom. The van der Waals surface area contributed by atoms with E-state index < -0.39 is 5.97 Å². The van der Waals surface area contributed by atoms with Gasteiger partial charge in [-0.15, -0.1) is 13.2 Å². The average molecular weight is 192 g/mol. The van der Waals surface area contributed by atoms with Gasteiger partial charge in [-0.3, -0.25) is 4.68 Å². The Balaban J connectivity index is 3.04. The van der Waals surface area contributed by atoms with Crippen LogP contribution < -0.4 is 0 Å². The molecule has 4 heteroatoms. The molecule has 74 valence electrons. The van der Waals surface area contributed by atoms with Crippen molar-refractivity contribution in [3.05, 3.63) is 42.8 Å². The molecule has 14 heavy (non-hydrogen) atoms. The number of carbonyl (C=O) groups is 1. The molecule has 1 N–H and O–H groups in total. The van der Waals surface area contributed by atoms with Crippen LogP contribution in [0.25, 0.3) is 0 Å². The minimum atomic E-state index is -1.02. The highest BCUT2D eigenvalue weighted by atomic mass is 16.4. The fourth-order valence-electron chi connectivity index (χ4n) is 1.15. The molecule has 0 amide bonds. The number of hydrogen-bond acceptors (Lipinski definition) is 2. The van der Waals surface area contributed by atoms with E-state index in [-0.39, 0.29) is 5.69 Å². The fraction of sp³-hybridized carbons (Fsp3) is 0.200. The number of aromatic carboxylic acids is 1. The van der Waals surface area contributed by atoms with Gasteiger partial charge in [0.2, 0.25) is 0 Å². The predicted octanol–water partition coefficient (Wildman–Crippen LogP) is 1.50. The van der Waals surface area contributed by atoms with E-state index in [9.17, 15) is 4.79 Å². The summed E-state index contributed by atoms with van der Waals surface area (Å²) in [4.78, 5) is 10.6. The summed E-state index contributed by atoms with van der Waals surface area (Å²) in [6.45, 7) is 7.68. The molecule has 0 aliphatic heterocycles. The van der Waals surface area contributed by atoms with Gasteiger partial charge in [0, 0.05) is 12.1 Å². The van der Waals surface area contributed by atoms with Crippen molar-refractivity contribution < 1.29 is 9.90 Å². The molecule has 0 aliphatic rings. The minimum absolute atomic E-state index is 0.0590. The average Bonchev–Trinajstić information content (AvgIpc) is 2.50. The lowest BCUT2D eigenvalue weighted by molar-refractivity contribution is 0.0689. The Hall–Kier alpha value is -1.84. The predicted molar refractivity (Wildman–Crippen MR) is 53.3 cm³/mol. The Morgan fingerprint density at radius 3 is 2.79 bits per heavy atom. The molecule has 0 spiro atoms. The van der Waals surface area contributed by atoms with Crippen molar-refractivity contribution in [3.63, 3.8) is 0 Å². The smallest absolute Gasteiger partial charge is 0.356 e. The van der Waals surface area contributed by atoms with Gasteiger partial charge in [-0.25, -0.2) is 4.79 Å². The normalized spacial score (nSPS) is 9.71. The minimum Gasteiger partial charge on any atom is -0.476 e. The van der Waals surface area contributed by atoms with Gasteiger partial charge in [0.05, 0.1) is 6.54 Å². The summed E-state index contributed by atoms with van der Waals surface area (Å²) in [6.07, 6.45) is 3.99. The number of carboxylic acids is 1. The zero-order chi connectivity index (χ0) is 10.6. The highest BCUT2D eigenvalue weighted by Gasteiger charge is 2.10. The number of aromatic nitrogens is 2. The van der Waals surface area contributed by atoms with Gasteiger partial charge in [-0.2, -0.15) is 5.10 Å². The number of nitrogens with zero attached hydrogens (tertiary/aromatic N) is 2. The second-order valence-electron chi connectivity index (χ2n) is 2.79. The van der Waals surface area contributed by atoms with E-state index in [1.54, 1.807) is 22.9 Å². The van der Waals surface area contributed by atoms with Crippen LogP contribution in [0.15, 0.2) is 31.4 Å². The molecule has 0 unspecified atom stereocenters. The van der Waals surface area contributed by atoms with Gasteiger partial charge < -0.3 is 5.11 Å². The van der Waals surface area contributed by atoms with Gasteiger partial charge in [-0.1, -0.05) is 12.2 Å². The zero-order valence-corrected chi connectivity index (χ0v) is 7.81. The number of carboxylic acid groups (broad SMARTS) is 1. The summed E-state index contributed by atoms with van der Waals surface area (Å²) in [6, 6.07) is 1.55. The summed E-state index contributed by atoms with van der Waals surface area (Å²) in [5.74, 6) is -1.02. The molecule has 1 rings (SSSR count). The standard InChI is InChI=1S/C10H12N2O2/c1-3-5-8-7-9(10(13)14)11-12(8)6-4-2/h3-4,7H,1-2,5-6H2,(H,13,14). The van der Waals surface area contributed by atoms with Crippen LogP contribution in [0, 0.1) is 0 Å². The highest BCUT2D eigenvalue weighted by molar-refractivity contribution is 5.85. The molecule has 0 bridgehead atoms. The molecule has 0 saturated heterocycles. The van der Waals surface area contributed by atoms with Crippen LogP contribution in [0.1, 0.15) is 16.2 Å². The molecular formula is C10H12N2O2. The monoisotopic (exact) mass is 192 g/mol. The van der Waals surface area contributed by atoms with Crippen molar-refractivity contribution >= 4 is 5.97 Å². The number of rotatable bonds is 5. The first-order valence-corrected chi connectivity index (χ1v) is 4.21. The van der Waals surface area contributed by atoms with Gasteiger partial charge in [0.15, 0.2) is 5.69 Å². The summed E-state index contributed by atoms with van der Waals surface area (Å²) < 4.78 is 1.61. The fourth-order valence-corrected chi connectivity index (χ4v) is 1.15. The molecule has 1 aromatic rings. The van der Waals surface area contributed by atoms with Crippen LogP contribution in [0.3, 0.4) is 0 Å². The van der Waals surface area contributed by atoms with E-state index in [2.05, 4.69) is 18.3 Å². The second kappa shape index (κ2) is 4.41. The van der Waals surface area contributed by atoms with Crippen LogP contribution in [0.5, 0.6) is 0 Å². The first-order valence-electron chi connectivity index (χ1n) is 4.21. The highest BCUT2D eigenvalue weighted by Crippen LogP contribution is 2.06. The third-order valence-electron chi connectivity index (χ3n) is 1.74. The Morgan fingerprint density at radius 2 is 2.29 bits per heavy atom. The van der Waals surface area contributed by atoms with Crippen LogP contribution in [-0.2, 0) is 13.0 Å². The zero-order valence-electron chi connectivity index (χ0n) is 7.81.